The lowest BCUT2D eigenvalue weighted by atomic mass is 10.1. The number of nitrogens with one attached hydrogen (secondary N) is 3. The summed E-state index contributed by atoms with van der Waals surface area (Å²) in [7, 11) is 0. The second-order valence-electron chi connectivity index (χ2n) is 7.40. The van der Waals surface area contributed by atoms with Crippen molar-refractivity contribution in [3.8, 4) is 0 Å². The molecule has 0 atom stereocenters. The SMILES string of the molecule is Cc1c(C(=O)Nc2ccc(N3CCNCC3)cn2)[nH]c(=O)c2ccccc12.O=C(O)C(F)(F)F. The molecule has 0 unspecified atom stereocenters. The third-order valence-electron chi connectivity index (χ3n) is 5.13. The molecule has 4 rings (SSSR count). The minimum Gasteiger partial charge on any atom is -0.475 e. The van der Waals surface area contributed by atoms with Crippen LogP contribution in [0.2, 0.25) is 0 Å². The molecular weight excluding hydrogens is 455 g/mol. The molecule has 3 aromatic rings. The third kappa shape index (κ3) is 5.90. The fraction of sp³-hybridized carbons (Fsp3) is 0.273. The molecule has 9 nitrogen and oxygen atoms in total. The van der Waals surface area contributed by atoms with Gasteiger partial charge in [-0.1, -0.05) is 18.2 Å². The maximum absolute atomic E-state index is 12.7. The van der Waals surface area contributed by atoms with Crippen LogP contribution in [0.25, 0.3) is 10.8 Å². The number of halogens is 3. The summed E-state index contributed by atoms with van der Waals surface area (Å²) in [6.07, 6.45) is -3.32. The van der Waals surface area contributed by atoms with Gasteiger partial charge >= 0.3 is 12.1 Å². The molecule has 0 saturated carbocycles. The van der Waals surface area contributed by atoms with E-state index < -0.39 is 12.1 Å². The van der Waals surface area contributed by atoms with Gasteiger partial charge in [0.1, 0.15) is 11.5 Å². The van der Waals surface area contributed by atoms with Crippen molar-refractivity contribution < 1.29 is 27.9 Å². The number of aromatic amines is 1. The van der Waals surface area contributed by atoms with Gasteiger partial charge in [-0.15, -0.1) is 0 Å². The van der Waals surface area contributed by atoms with Crippen molar-refractivity contribution in [1.29, 1.82) is 0 Å². The number of hydrogen-bond acceptors (Lipinski definition) is 6. The van der Waals surface area contributed by atoms with Crippen molar-refractivity contribution >= 4 is 34.2 Å². The monoisotopic (exact) mass is 477 g/mol. The van der Waals surface area contributed by atoms with Gasteiger partial charge in [-0.05, 0) is 36.1 Å². The van der Waals surface area contributed by atoms with Gasteiger partial charge in [0.2, 0.25) is 0 Å². The molecule has 12 heteroatoms. The molecular formula is C22H22F3N5O4. The average Bonchev–Trinajstić information content (AvgIpc) is 2.82. The van der Waals surface area contributed by atoms with E-state index in [0.717, 1.165) is 42.8 Å². The summed E-state index contributed by atoms with van der Waals surface area (Å²) in [5.41, 5.74) is 1.75. The Kier molecular flexibility index (Phi) is 7.51. The normalized spacial score (nSPS) is 13.7. The number of carbonyl (C=O) groups excluding carboxylic acids is 1. The lowest BCUT2D eigenvalue weighted by molar-refractivity contribution is -0.192. The Morgan fingerprint density at radius 1 is 1.09 bits per heavy atom. The number of H-pyrrole nitrogens is 1. The van der Waals surface area contributed by atoms with Gasteiger partial charge in [0.15, 0.2) is 0 Å². The largest absolute Gasteiger partial charge is 0.490 e. The van der Waals surface area contributed by atoms with E-state index in [4.69, 9.17) is 9.90 Å². The zero-order valence-corrected chi connectivity index (χ0v) is 18.1. The van der Waals surface area contributed by atoms with Crippen LogP contribution in [0.4, 0.5) is 24.7 Å². The number of piperazine rings is 1. The van der Waals surface area contributed by atoms with E-state index in [2.05, 4.69) is 25.5 Å². The number of pyridine rings is 2. The maximum Gasteiger partial charge on any atom is 0.490 e. The summed E-state index contributed by atoms with van der Waals surface area (Å²) in [5, 5.41) is 14.6. The van der Waals surface area contributed by atoms with Gasteiger partial charge in [0.05, 0.1) is 11.9 Å². The van der Waals surface area contributed by atoms with Crippen LogP contribution >= 0.6 is 0 Å². The van der Waals surface area contributed by atoms with Crippen LogP contribution in [0.1, 0.15) is 16.1 Å². The summed E-state index contributed by atoms with van der Waals surface area (Å²) in [6, 6.07) is 11.0. The Morgan fingerprint density at radius 2 is 1.71 bits per heavy atom. The third-order valence-corrected chi connectivity index (χ3v) is 5.13. The predicted molar refractivity (Wildman–Crippen MR) is 120 cm³/mol. The summed E-state index contributed by atoms with van der Waals surface area (Å²) < 4.78 is 31.7. The standard InChI is InChI=1S/C20H21N5O2.C2HF3O2/c1-13-15-4-2-3-5-16(15)19(26)24-18(13)20(27)23-17-7-6-14(12-22-17)25-10-8-21-9-11-25;3-2(4,5)1(6)7/h2-7,12,21H,8-11H2,1H3,(H,24,26)(H,22,23,27);(H,6,7). The minimum absolute atomic E-state index is 0.256. The molecule has 0 radical (unpaired) electrons. The first-order valence-corrected chi connectivity index (χ1v) is 10.2. The number of amides is 1. The molecule has 1 amide bonds. The number of carboxylic acids is 1. The van der Waals surface area contributed by atoms with Crippen molar-refractivity contribution in [2.45, 2.75) is 13.1 Å². The molecule has 0 bridgehead atoms. The van der Waals surface area contributed by atoms with Crippen molar-refractivity contribution in [2.24, 2.45) is 0 Å². The molecule has 0 spiro atoms. The highest BCUT2D eigenvalue weighted by atomic mass is 19.4. The number of anilines is 2. The van der Waals surface area contributed by atoms with Crippen LogP contribution < -0.4 is 21.1 Å². The van der Waals surface area contributed by atoms with E-state index in [1.165, 1.54) is 0 Å². The average molecular weight is 477 g/mol. The summed E-state index contributed by atoms with van der Waals surface area (Å²) in [6.45, 7) is 5.60. The van der Waals surface area contributed by atoms with E-state index in [0.29, 0.717) is 11.2 Å². The van der Waals surface area contributed by atoms with Gasteiger partial charge in [-0.2, -0.15) is 13.2 Å². The van der Waals surface area contributed by atoms with Crippen molar-refractivity contribution in [1.82, 2.24) is 15.3 Å². The maximum atomic E-state index is 12.7. The zero-order chi connectivity index (χ0) is 24.9. The van der Waals surface area contributed by atoms with E-state index >= 15 is 0 Å². The number of carboxylic acid groups (broad SMARTS) is 1. The van der Waals surface area contributed by atoms with Crippen LogP contribution in [-0.2, 0) is 4.79 Å². The molecule has 1 saturated heterocycles. The number of aliphatic carboxylic acids is 1. The van der Waals surface area contributed by atoms with Crippen LogP contribution in [0.5, 0.6) is 0 Å². The Balaban J connectivity index is 0.000000406. The van der Waals surface area contributed by atoms with Gasteiger partial charge < -0.3 is 25.6 Å². The van der Waals surface area contributed by atoms with Crippen LogP contribution in [0, 0.1) is 6.92 Å². The molecule has 1 aromatic carbocycles. The van der Waals surface area contributed by atoms with Crippen LogP contribution in [0.15, 0.2) is 47.4 Å². The first-order valence-electron chi connectivity index (χ1n) is 10.2. The Morgan fingerprint density at radius 3 is 2.26 bits per heavy atom. The summed E-state index contributed by atoms with van der Waals surface area (Å²) in [4.78, 5) is 43.1. The van der Waals surface area contributed by atoms with Gasteiger partial charge in [0, 0.05) is 31.6 Å². The predicted octanol–water partition coefficient (Wildman–Crippen LogP) is 2.53. The number of aromatic nitrogens is 2. The first-order chi connectivity index (χ1) is 16.1. The first kappa shape index (κ1) is 24.7. The molecule has 180 valence electrons. The Bertz CT molecular complexity index is 1240. The van der Waals surface area contributed by atoms with Gasteiger partial charge in [-0.3, -0.25) is 9.59 Å². The number of carbonyl (C=O) groups is 2. The fourth-order valence-corrected chi connectivity index (χ4v) is 3.39. The number of benzene rings is 1. The number of alkyl halides is 3. The van der Waals surface area contributed by atoms with E-state index in [9.17, 15) is 22.8 Å². The number of hydrogen-bond donors (Lipinski definition) is 4. The molecule has 1 fully saturated rings. The van der Waals surface area contributed by atoms with E-state index in [-0.39, 0.29) is 17.2 Å². The van der Waals surface area contributed by atoms with Crippen LogP contribution in [0.3, 0.4) is 0 Å². The van der Waals surface area contributed by atoms with Crippen molar-refractivity contribution in [2.75, 3.05) is 36.4 Å². The summed E-state index contributed by atoms with van der Waals surface area (Å²) >= 11 is 0. The van der Waals surface area contributed by atoms with Gasteiger partial charge in [0.25, 0.3) is 11.5 Å². The van der Waals surface area contributed by atoms with Crippen LogP contribution in [-0.4, -0.2) is 59.3 Å². The Labute approximate surface area is 191 Å². The molecule has 1 aliphatic rings. The van der Waals surface area contributed by atoms with E-state index in [1.54, 1.807) is 24.4 Å². The highest BCUT2D eigenvalue weighted by molar-refractivity contribution is 6.06. The molecule has 4 N–H and O–H groups in total. The summed E-state index contributed by atoms with van der Waals surface area (Å²) in [5.74, 6) is -2.68. The zero-order valence-electron chi connectivity index (χ0n) is 18.1. The number of fused-ring (bicyclic) bond motifs is 1. The second kappa shape index (κ2) is 10.3. The topological polar surface area (TPSA) is 127 Å². The van der Waals surface area contributed by atoms with Crippen molar-refractivity contribution in [3.63, 3.8) is 0 Å². The van der Waals surface area contributed by atoms with Gasteiger partial charge in [-0.25, -0.2) is 9.78 Å². The minimum atomic E-state index is -5.08. The van der Waals surface area contributed by atoms with E-state index in [1.807, 2.05) is 25.1 Å². The lowest BCUT2D eigenvalue weighted by Crippen LogP contribution is -2.43. The smallest absolute Gasteiger partial charge is 0.475 e. The van der Waals surface area contributed by atoms with Crippen molar-refractivity contribution in [3.05, 3.63) is 64.2 Å². The lowest BCUT2D eigenvalue weighted by Gasteiger charge is -2.29. The number of nitrogens with zero attached hydrogens (tertiary/aromatic N) is 2. The highest BCUT2D eigenvalue weighted by Crippen LogP contribution is 2.19. The molecule has 34 heavy (non-hydrogen) atoms. The quantitative estimate of drug-likeness (QED) is 0.457. The fourth-order valence-electron chi connectivity index (χ4n) is 3.39. The second-order valence-corrected chi connectivity index (χ2v) is 7.40. The molecule has 2 aromatic heterocycles. The number of rotatable bonds is 3. The Hall–Kier alpha value is -3.93. The molecule has 1 aliphatic heterocycles. The molecule has 0 aliphatic carbocycles. The molecule has 3 heterocycles. The number of aryl methyl sites for hydroxylation is 1. The highest BCUT2D eigenvalue weighted by Gasteiger charge is 2.38.